The zero-order valence-corrected chi connectivity index (χ0v) is 33.9. The lowest BCUT2D eigenvalue weighted by Crippen LogP contribution is -2.49. The van der Waals surface area contributed by atoms with Crippen molar-refractivity contribution in [2.75, 3.05) is 0 Å². The van der Waals surface area contributed by atoms with E-state index in [1.807, 2.05) is 35.2 Å². The molecule has 0 saturated heterocycles. The minimum Gasteiger partial charge on any atom is -0.427 e. The number of benzene rings is 7. The molecule has 1 radical (unpaired) electrons. The highest BCUT2D eigenvalue weighted by Gasteiger charge is 2.50. The predicted molar refractivity (Wildman–Crippen MR) is 245 cm³/mol. The van der Waals surface area contributed by atoms with Gasteiger partial charge in [0.25, 0.3) is 0 Å². The van der Waals surface area contributed by atoms with Crippen molar-refractivity contribution in [1.82, 2.24) is 4.57 Å². The van der Waals surface area contributed by atoms with E-state index in [0.29, 0.717) is 0 Å². The van der Waals surface area contributed by atoms with Crippen LogP contribution in [0.15, 0.2) is 176 Å². The van der Waals surface area contributed by atoms with Gasteiger partial charge in [-0.1, -0.05) is 158 Å². The second-order valence-electron chi connectivity index (χ2n) is 17.5. The van der Waals surface area contributed by atoms with Crippen molar-refractivity contribution in [2.45, 2.75) is 56.7 Å². The van der Waals surface area contributed by atoms with Crippen LogP contribution in [0.4, 0.5) is 0 Å². The van der Waals surface area contributed by atoms with E-state index in [1.54, 1.807) is 0 Å². The molecule has 0 fully saturated rings. The largest absolute Gasteiger partial charge is 0.427 e. The van der Waals surface area contributed by atoms with E-state index >= 15 is 0 Å². The number of allylic oxidation sites excluding steroid dienone is 4. The summed E-state index contributed by atoms with van der Waals surface area (Å²) in [5, 5.41) is 13.6. The molecule has 7 aromatic carbocycles. The average Bonchev–Trinajstić information content (AvgIpc) is 3.72. The Bertz CT molecular complexity index is 3050. The number of nitrogens with zero attached hydrogens (tertiary/aromatic N) is 1. The molecule has 8 aromatic rings. The summed E-state index contributed by atoms with van der Waals surface area (Å²) in [7, 11) is 1.92. The Kier molecular flexibility index (Phi) is 8.01. The second-order valence-corrected chi connectivity index (χ2v) is 17.5. The third-order valence-electron chi connectivity index (χ3n) is 13.6. The lowest BCUT2D eigenvalue weighted by Gasteiger charge is -2.38. The Morgan fingerprint density at radius 3 is 2.19 bits per heavy atom. The third kappa shape index (κ3) is 5.23. The maximum atomic E-state index is 11.3. The molecule has 0 saturated carbocycles. The maximum Gasteiger partial charge on any atom is 0.331 e. The van der Waals surface area contributed by atoms with Crippen LogP contribution in [0.1, 0.15) is 67.9 Å². The van der Waals surface area contributed by atoms with Crippen LogP contribution in [0.3, 0.4) is 0 Å². The monoisotopic (exact) mass is 762 g/mol. The Balaban J connectivity index is 1.32. The highest BCUT2D eigenvalue weighted by molar-refractivity contribution is 6.54. The summed E-state index contributed by atoms with van der Waals surface area (Å²) in [4.78, 5) is 0. The van der Waals surface area contributed by atoms with Crippen LogP contribution in [-0.2, 0) is 10.1 Å². The number of para-hydroxylation sites is 2. The molecule has 1 aliphatic heterocycles. The van der Waals surface area contributed by atoms with Gasteiger partial charge in [0.1, 0.15) is 0 Å². The van der Waals surface area contributed by atoms with E-state index in [9.17, 15) is 5.11 Å². The first-order chi connectivity index (χ1) is 28.7. The molecule has 0 bridgehead atoms. The van der Waals surface area contributed by atoms with Gasteiger partial charge in [0.05, 0.1) is 33.3 Å². The normalized spacial score (nSPS) is 17.7. The van der Waals surface area contributed by atoms with Crippen molar-refractivity contribution in [1.29, 1.82) is 0 Å². The van der Waals surface area contributed by atoms with Crippen LogP contribution < -0.4 is 5.46 Å². The third-order valence-corrected chi connectivity index (χ3v) is 13.6. The fourth-order valence-electron chi connectivity index (χ4n) is 10.0. The molecule has 11 rings (SSSR count). The minimum atomic E-state index is -1.09. The van der Waals surface area contributed by atoms with Gasteiger partial charge in [-0.2, -0.15) is 0 Å². The van der Waals surface area contributed by atoms with Crippen LogP contribution >= 0.6 is 0 Å². The fourth-order valence-corrected chi connectivity index (χ4v) is 10.0. The average molecular weight is 763 g/mol. The molecule has 285 valence electrons. The van der Waals surface area contributed by atoms with Gasteiger partial charge in [0.2, 0.25) is 0 Å². The molecule has 0 amide bonds. The van der Waals surface area contributed by atoms with E-state index in [0.717, 1.165) is 28.5 Å². The van der Waals surface area contributed by atoms with Gasteiger partial charge in [0, 0.05) is 27.8 Å². The summed E-state index contributed by atoms with van der Waals surface area (Å²) >= 11 is 0. The summed E-state index contributed by atoms with van der Waals surface area (Å²) in [5.41, 5.74) is 15.4. The summed E-state index contributed by atoms with van der Waals surface area (Å²) < 4.78 is 9.26. The van der Waals surface area contributed by atoms with Crippen molar-refractivity contribution >= 4 is 34.8 Å². The van der Waals surface area contributed by atoms with E-state index < -0.39 is 16.6 Å². The van der Waals surface area contributed by atoms with Crippen molar-refractivity contribution in [3.05, 3.63) is 204 Å². The van der Waals surface area contributed by atoms with E-state index in [1.165, 1.54) is 72.1 Å². The molecule has 1 aromatic heterocycles. The summed E-state index contributed by atoms with van der Waals surface area (Å²) in [6.07, 6.45) is 9.92. The SMILES string of the molecule is CC(C)(O)C(C)(C)O[B]c1cc2c3c4c1c1ccccc1n4-c1ccccc1-c1cccc(c1-3)C2(c1cccc(-c2ccccc2)c1)c1cccc(C2C=CC=CC2)c1. The van der Waals surface area contributed by atoms with Gasteiger partial charge in [-0.05, 0) is 108 Å². The van der Waals surface area contributed by atoms with E-state index in [-0.39, 0.29) is 5.92 Å². The molecule has 2 heterocycles. The van der Waals surface area contributed by atoms with Crippen molar-refractivity contribution in [2.24, 2.45) is 0 Å². The molecule has 59 heavy (non-hydrogen) atoms. The van der Waals surface area contributed by atoms with Gasteiger partial charge in [-0.25, -0.2) is 0 Å². The van der Waals surface area contributed by atoms with Crippen LogP contribution in [0, 0.1) is 0 Å². The first-order valence-electron chi connectivity index (χ1n) is 20.8. The van der Waals surface area contributed by atoms with E-state index in [2.05, 4.69) is 181 Å². The van der Waals surface area contributed by atoms with Crippen LogP contribution in [-0.4, -0.2) is 28.4 Å². The Morgan fingerprint density at radius 2 is 1.37 bits per heavy atom. The minimum absolute atomic E-state index is 0.288. The van der Waals surface area contributed by atoms with Crippen LogP contribution in [0.2, 0.25) is 0 Å². The molecule has 3 nitrogen and oxygen atoms in total. The first kappa shape index (κ1) is 35.9. The van der Waals surface area contributed by atoms with Crippen molar-refractivity contribution < 1.29 is 9.76 Å². The maximum absolute atomic E-state index is 11.3. The zero-order chi connectivity index (χ0) is 40.1. The van der Waals surface area contributed by atoms with Crippen molar-refractivity contribution in [3.8, 4) is 39.1 Å². The number of rotatable bonds is 8. The summed E-state index contributed by atoms with van der Waals surface area (Å²) in [6, 6.07) is 56.4. The van der Waals surface area contributed by atoms with Crippen molar-refractivity contribution in [3.63, 3.8) is 0 Å². The van der Waals surface area contributed by atoms with Gasteiger partial charge >= 0.3 is 7.48 Å². The molecular weight excluding hydrogens is 717 g/mol. The van der Waals surface area contributed by atoms with Gasteiger partial charge in [0.15, 0.2) is 0 Å². The van der Waals surface area contributed by atoms with Crippen LogP contribution in [0.25, 0.3) is 60.9 Å². The summed E-state index contributed by atoms with van der Waals surface area (Å²) in [6.45, 7) is 7.56. The highest BCUT2D eigenvalue weighted by Crippen LogP contribution is 2.62. The Labute approximate surface area is 347 Å². The molecular formula is C55H45BNO2. The molecule has 2 aliphatic carbocycles. The quantitative estimate of drug-likeness (QED) is 0.156. The molecule has 0 spiro atoms. The highest BCUT2D eigenvalue weighted by atomic mass is 16.5. The van der Waals surface area contributed by atoms with E-state index in [4.69, 9.17) is 4.65 Å². The molecule has 1 N–H and O–H groups in total. The summed E-state index contributed by atoms with van der Waals surface area (Å²) in [5.74, 6) is 0.288. The number of aromatic nitrogens is 1. The number of fused-ring (bicyclic) bond motifs is 6. The van der Waals surface area contributed by atoms with Gasteiger partial charge < -0.3 is 14.3 Å². The number of hydrogen-bond donors (Lipinski definition) is 1. The van der Waals surface area contributed by atoms with Gasteiger partial charge in [-0.3, -0.25) is 0 Å². The molecule has 2 atom stereocenters. The Morgan fingerprint density at radius 1 is 0.661 bits per heavy atom. The lowest BCUT2D eigenvalue weighted by atomic mass is 9.65. The predicted octanol–water partition coefficient (Wildman–Crippen LogP) is 12.2. The Hall–Kier alpha value is -6.20. The molecule has 4 heteroatoms. The van der Waals surface area contributed by atoms with Crippen LogP contribution in [0.5, 0.6) is 0 Å². The fraction of sp³-hybridized carbons (Fsp3) is 0.164. The molecule has 2 unspecified atom stereocenters. The topological polar surface area (TPSA) is 34.4 Å². The zero-order valence-electron chi connectivity index (χ0n) is 33.9. The number of hydrogen-bond acceptors (Lipinski definition) is 2. The lowest BCUT2D eigenvalue weighted by molar-refractivity contribution is -0.0893. The smallest absolute Gasteiger partial charge is 0.331 e. The van der Waals surface area contributed by atoms with Gasteiger partial charge in [-0.15, -0.1) is 0 Å². The molecule has 3 aliphatic rings. The number of aliphatic hydroxyl groups is 1. The first-order valence-corrected chi connectivity index (χ1v) is 20.8. The second kappa shape index (κ2) is 13.2. The standard InChI is InChI=1S/C55H45BNO2/c1-53(2,58)54(3,4)59-56-46-34-45-51-49-42(41-26-11-13-30-47(41)57-48-31-14-12-27-43(48)50(46)52(51)57)28-17-29-44(49)55(45,39-24-15-22-37(32-39)35-18-7-5-8-19-35)40-25-16-23-38(33-40)36-20-9-6-10-21-36/h5-20,22-34,36,58H,21H2,1-4H3.